The van der Waals surface area contributed by atoms with Gasteiger partial charge in [0.05, 0.1) is 37.6 Å². The van der Waals surface area contributed by atoms with E-state index in [9.17, 15) is 28.8 Å². The lowest BCUT2D eigenvalue weighted by molar-refractivity contribution is -0.146. The first kappa shape index (κ1) is 67.1. The molecule has 6 heterocycles. The number of carboxylic acid groups (broad SMARTS) is 1. The highest BCUT2D eigenvalue weighted by Gasteiger charge is 2.32. The van der Waals surface area contributed by atoms with E-state index in [-0.39, 0.29) is 54.4 Å². The molecule has 0 unspecified atom stereocenters. The zero-order chi connectivity index (χ0) is 51.4. The number of carbonyl (C=O) groups is 6. The number of aliphatic carboxylic acids is 1. The van der Waals surface area contributed by atoms with Crippen LogP contribution < -0.4 is 16.7 Å². The number of esters is 2. The summed E-state index contributed by atoms with van der Waals surface area (Å²) in [5, 5.41) is 26.7. The van der Waals surface area contributed by atoms with Gasteiger partial charge in [-0.2, -0.15) is 0 Å². The molecule has 3 aromatic rings. The van der Waals surface area contributed by atoms with Gasteiger partial charge in [-0.1, -0.05) is 69.7 Å². The number of amides is 3. The molecule has 7 N–H and O–H groups in total. The van der Waals surface area contributed by atoms with E-state index < -0.39 is 17.3 Å². The number of ether oxygens (including phenoxy) is 2. The van der Waals surface area contributed by atoms with Crippen molar-refractivity contribution in [2.45, 2.75) is 129 Å². The molecule has 69 heavy (non-hydrogen) atoms. The Bertz CT molecular complexity index is 1960. The van der Waals surface area contributed by atoms with Gasteiger partial charge in [0, 0.05) is 45.1 Å². The van der Waals surface area contributed by atoms with Gasteiger partial charge in [-0.15, -0.1) is 46.4 Å². The second-order valence-corrected chi connectivity index (χ2v) is 22.1. The lowest BCUT2D eigenvalue weighted by atomic mass is 9.93. The molecule has 0 spiro atoms. The van der Waals surface area contributed by atoms with E-state index in [2.05, 4.69) is 41.6 Å². The smallest absolute Gasteiger partial charge is 0.348 e. The summed E-state index contributed by atoms with van der Waals surface area (Å²) in [5.74, 6) is 2.01. The summed E-state index contributed by atoms with van der Waals surface area (Å²) < 4.78 is 9.40. The maximum atomic E-state index is 12.3. The molecule has 0 aromatic carbocycles. The van der Waals surface area contributed by atoms with Crippen molar-refractivity contribution in [3.05, 3.63) is 64.2 Å². The van der Waals surface area contributed by atoms with Crippen LogP contribution in [0.5, 0.6) is 0 Å². The Labute approximate surface area is 428 Å². The van der Waals surface area contributed by atoms with Gasteiger partial charge in [0.25, 0.3) is 5.91 Å². The summed E-state index contributed by atoms with van der Waals surface area (Å²) in [7, 11) is 2.80. The lowest BCUT2D eigenvalue weighted by Crippen LogP contribution is -2.41. The minimum absolute atomic E-state index is 0. The third-order valence-corrected chi connectivity index (χ3v) is 13.9. The summed E-state index contributed by atoms with van der Waals surface area (Å²) in [5.41, 5.74) is 3.87. The van der Waals surface area contributed by atoms with Crippen molar-refractivity contribution in [1.29, 1.82) is 0 Å². The normalized spacial score (nSPS) is 13.4. The van der Waals surface area contributed by atoms with Crippen LogP contribution in [0.15, 0.2) is 18.2 Å². The highest BCUT2D eigenvalue weighted by molar-refractivity contribution is 7.14. The molecule has 21 heteroatoms. The number of nitrogens with one attached hydrogen (secondary N) is 2. The van der Waals surface area contributed by atoms with E-state index in [1.54, 1.807) is 32.3 Å². The van der Waals surface area contributed by atoms with Crippen molar-refractivity contribution < 1.29 is 53.8 Å². The van der Waals surface area contributed by atoms with Crippen molar-refractivity contribution in [2.24, 2.45) is 22.1 Å². The highest BCUT2D eigenvalue weighted by atomic mass is 35.5. The van der Waals surface area contributed by atoms with Crippen LogP contribution in [0.4, 0.5) is 0 Å². The zero-order valence-electron chi connectivity index (χ0n) is 42.4. The van der Waals surface area contributed by atoms with E-state index in [0.29, 0.717) is 29.4 Å². The van der Waals surface area contributed by atoms with E-state index in [1.165, 1.54) is 83.9 Å². The monoisotopic (exact) mass is 1050 g/mol. The van der Waals surface area contributed by atoms with E-state index in [1.807, 2.05) is 63.5 Å². The number of nitrogens with two attached hydrogens (primary N) is 1. The number of halogens is 1. The van der Waals surface area contributed by atoms with Gasteiger partial charge in [0.15, 0.2) is 0 Å². The fraction of sp³-hybridized carbons (Fsp3) is 0.625. The molecule has 0 saturated heterocycles. The Morgan fingerprint density at radius 1 is 0.667 bits per heavy atom. The van der Waals surface area contributed by atoms with Crippen LogP contribution in [0.1, 0.15) is 151 Å². The third-order valence-electron chi connectivity index (χ3n) is 10.5. The summed E-state index contributed by atoms with van der Waals surface area (Å²) in [6.07, 6.45) is 2.58. The summed E-state index contributed by atoms with van der Waals surface area (Å²) in [6, 6.07) is 5.64. The number of fused-ring (bicyclic) bond motifs is 3. The predicted octanol–water partition coefficient (Wildman–Crippen LogP) is 8.30. The Kier molecular flexibility index (Phi) is 30.5. The van der Waals surface area contributed by atoms with E-state index in [0.717, 1.165) is 59.1 Å². The summed E-state index contributed by atoms with van der Waals surface area (Å²) >= 11 is 4.30. The Morgan fingerprint density at radius 2 is 1.01 bits per heavy atom. The summed E-state index contributed by atoms with van der Waals surface area (Å²) in [4.78, 5) is 79.9. The van der Waals surface area contributed by atoms with Crippen LogP contribution in [-0.2, 0) is 62.8 Å². The van der Waals surface area contributed by atoms with Gasteiger partial charge in [-0.3, -0.25) is 24.4 Å². The van der Waals surface area contributed by atoms with Crippen molar-refractivity contribution in [3.8, 4) is 0 Å². The van der Waals surface area contributed by atoms with Gasteiger partial charge >= 0.3 is 17.9 Å². The first-order chi connectivity index (χ1) is 31.2. The summed E-state index contributed by atoms with van der Waals surface area (Å²) in [6.45, 7) is 31.1. The average molecular weight is 1050 g/mol. The predicted molar refractivity (Wildman–Crippen MR) is 278 cm³/mol. The van der Waals surface area contributed by atoms with Gasteiger partial charge < -0.3 is 39.8 Å². The number of nitrogens with zero attached hydrogens (tertiary/aromatic N) is 3. The van der Waals surface area contributed by atoms with Gasteiger partial charge in [-0.25, -0.2) is 21.0 Å². The largest absolute Gasteiger partial charge is 0.481 e. The number of hydrogen-bond donors (Lipinski definition) is 6. The molecule has 0 radical (unpaired) electrons. The quantitative estimate of drug-likeness (QED) is 0.0774. The SMILES string of the molecule is C.CC(C)(C)C(=O)N1CCc2cc(C(=O)NO)sc2C1.CC(C)(C)C(=O)O.CCN(CC)CC.COC(=O)c1cc2c(s1)CN(C(=O)C(C)(C)C)CC2.COC(=O)c1cc2c(s1)CNCC2.Cl.NO. The molecular weight excluding hydrogens is 968 g/mol. The lowest BCUT2D eigenvalue weighted by Gasteiger charge is -2.32. The number of hydrogen-bond acceptors (Lipinski definition) is 16. The number of methoxy groups -OCH3 is 2. The number of hydroxylamine groups is 1. The Hall–Kier alpha value is -3.99. The maximum Gasteiger partial charge on any atom is 0.348 e. The Balaban J connectivity index is 0. The molecule has 17 nitrogen and oxygen atoms in total. The van der Waals surface area contributed by atoms with Crippen LogP contribution in [0, 0.1) is 16.2 Å². The van der Waals surface area contributed by atoms with E-state index >= 15 is 0 Å². The van der Waals surface area contributed by atoms with Crippen LogP contribution in [0.25, 0.3) is 0 Å². The molecule has 3 amide bonds. The first-order valence-corrected chi connectivity index (χ1v) is 24.7. The average Bonchev–Trinajstić information content (AvgIpc) is 4.05. The fourth-order valence-corrected chi connectivity index (χ4v) is 9.79. The second-order valence-electron chi connectivity index (χ2n) is 18.7. The number of carboxylic acids is 1. The number of thiophene rings is 3. The molecule has 0 aliphatic carbocycles. The molecule has 0 bridgehead atoms. The molecule has 3 aliphatic rings. The fourth-order valence-electron chi connectivity index (χ4n) is 6.43. The second kappa shape index (κ2) is 31.4. The standard InChI is InChI=1S/C14H19NO3S.C13H18N2O3S.C9H11NO2S.C6H15N.C5H10O2.CH4.ClH.H3NO/c1-14(2,3)13(17)15-6-5-9-7-10(12(16)18-4)19-11(9)8-15;1-13(2,3)12(17)15-5-4-8-6-9(11(16)14-18)19-10(8)7-15;1-12-9(11)7-4-6-2-3-10-5-8(6)13-7;1-4-7(5-2)6-3;1-5(2,3)4(6)7;;;1-2/h7H,5-6,8H2,1-4H3;6,18H,4-5,7H2,1-3H3,(H,14,16);4,10H,2-3,5H2,1H3;4-6H2,1-3H3;1-3H3,(H,6,7);1H4;1H;2H,1H2. The molecule has 394 valence electrons. The van der Waals surface area contributed by atoms with Crippen LogP contribution in [0.3, 0.4) is 0 Å². The van der Waals surface area contributed by atoms with Crippen molar-refractivity contribution in [1.82, 2.24) is 25.5 Å². The third kappa shape index (κ3) is 21.5. The van der Waals surface area contributed by atoms with Gasteiger partial charge in [0.2, 0.25) is 11.8 Å². The minimum Gasteiger partial charge on any atom is -0.481 e. The molecule has 0 saturated carbocycles. The van der Waals surface area contributed by atoms with E-state index in [4.69, 9.17) is 20.3 Å². The molecular formula is C48H81ClN6O11S3. The Morgan fingerprint density at radius 3 is 1.32 bits per heavy atom. The molecule has 3 aliphatic heterocycles. The maximum absolute atomic E-state index is 12.3. The van der Waals surface area contributed by atoms with Gasteiger partial charge in [-0.05, 0) is 101 Å². The highest BCUT2D eigenvalue weighted by Crippen LogP contribution is 2.32. The van der Waals surface area contributed by atoms with Crippen molar-refractivity contribution in [2.75, 3.05) is 53.5 Å². The minimum atomic E-state index is -0.757. The zero-order valence-corrected chi connectivity index (χ0v) is 45.6. The number of rotatable bonds is 6. The van der Waals surface area contributed by atoms with Crippen molar-refractivity contribution >= 4 is 82.0 Å². The topological polar surface area (TPSA) is 241 Å². The molecule has 0 fully saturated rings. The first-order valence-electron chi connectivity index (χ1n) is 22.2. The molecule has 3 aromatic heterocycles. The number of carbonyl (C=O) groups excluding carboxylic acids is 5. The molecule has 6 rings (SSSR count). The molecule has 0 atom stereocenters. The van der Waals surface area contributed by atoms with Crippen molar-refractivity contribution in [3.63, 3.8) is 0 Å². The van der Waals surface area contributed by atoms with Crippen LogP contribution in [0.2, 0.25) is 0 Å². The van der Waals surface area contributed by atoms with Crippen LogP contribution in [-0.4, -0.2) is 119 Å². The van der Waals surface area contributed by atoms with Crippen LogP contribution >= 0.6 is 46.4 Å². The van der Waals surface area contributed by atoms with Gasteiger partial charge in [0.1, 0.15) is 9.75 Å².